The molecule has 0 fully saturated rings. The Morgan fingerprint density at radius 2 is 1.90 bits per heavy atom. The van der Waals surface area contributed by atoms with Crippen LogP contribution in [-0.2, 0) is 0 Å². The van der Waals surface area contributed by atoms with E-state index in [0.717, 1.165) is 24.5 Å². The van der Waals surface area contributed by atoms with Crippen LogP contribution >= 0.6 is 0 Å². The van der Waals surface area contributed by atoms with Gasteiger partial charge < -0.3 is 15.3 Å². The summed E-state index contributed by atoms with van der Waals surface area (Å²) in [5.74, 6) is -0.443. The third kappa shape index (κ3) is 2.29. The van der Waals surface area contributed by atoms with E-state index in [1.807, 2.05) is 29.2 Å². The number of hydrogen-bond acceptors (Lipinski definition) is 5. The Morgan fingerprint density at radius 3 is 2.57 bits per heavy atom. The molecule has 2 N–H and O–H groups in total. The number of carboxylic acids is 1. The minimum Gasteiger partial charge on any atom is -0.478 e. The number of anilines is 3. The van der Waals surface area contributed by atoms with Crippen LogP contribution in [0.2, 0.25) is 0 Å². The Bertz CT molecular complexity index is 692. The SMILES string of the molecule is Cc1nc(N2CCNc3ccccc32)nc(C)c1C(=O)O. The summed E-state index contributed by atoms with van der Waals surface area (Å²) in [6, 6.07) is 7.94. The van der Waals surface area contributed by atoms with Gasteiger partial charge in [0.25, 0.3) is 0 Å². The molecule has 0 unspecified atom stereocenters. The lowest BCUT2D eigenvalue weighted by molar-refractivity contribution is 0.0694. The van der Waals surface area contributed by atoms with E-state index in [9.17, 15) is 9.90 Å². The number of fused-ring (bicyclic) bond motifs is 1. The highest BCUT2D eigenvalue weighted by molar-refractivity contribution is 5.90. The van der Waals surface area contributed by atoms with Crippen LogP contribution in [0.15, 0.2) is 24.3 Å². The monoisotopic (exact) mass is 284 g/mol. The maximum absolute atomic E-state index is 11.2. The molecule has 0 amide bonds. The van der Waals surface area contributed by atoms with Gasteiger partial charge in [-0.1, -0.05) is 12.1 Å². The molecular weight excluding hydrogens is 268 g/mol. The second kappa shape index (κ2) is 5.05. The molecule has 21 heavy (non-hydrogen) atoms. The average Bonchev–Trinajstić information content (AvgIpc) is 2.45. The van der Waals surface area contributed by atoms with Gasteiger partial charge in [0.15, 0.2) is 0 Å². The minimum absolute atomic E-state index is 0.183. The van der Waals surface area contributed by atoms with Gasteiger partial charge in [0.1, 0.15) is 5.56 Å². The summed E-state index contributed by atoms with van der Waals surface area (Å²) in [7, 11) is 0. The predicted octanol–water partition coefficient (Wildman–Crippen LogP) is 2.36. The number of aromatic carboxylic acids is 1. The molecule has 108 valence electrons. The zero-order valence-electron chi connectivity index (χ0n) is 11.9. The lowest BCUT2D eigenvalue weighted by Gasteiger charge is -2.30. The van der Waals surface area contributed by atoms with E-state index in [0.29, 0.717) is 17.3 Å². The fourth-order valence-electron chi connectivity index (χ4n) is 2.62. The first-order chi connectivity index (χ1) is 10.1. The van der Waals surface area contributed by atoms with Crippen LogP contribution in [0.25, 0.3) is 0 Å². The highest BCUT2D eigenvalue weighted by Gasteiger charge is 2.22. The standard InChI is InChI=1S/C15H16N4O2/c1-9-13(14(20)21)10(2)18-15(17-9)19-8-7-16-11-5-3-4-6-12(11)19/h3-6,16H,7-8H2,1-2H3,(H,20,21). The second-order valence-corrected chi connectivity index (χ2v) is 4.97. The van der Waals surface area contributed by atoms with Gasteiger partial charge in [-0.15, -0.1) is 0 Å². The summed E-state index contributed by atoms with van der Waals surface area (Å²) in [5.41, 5.74) is 3.19. The molecule has 0 saturated heterocycles. The fourth-order valence-corrected chi connectivity index (χ4v) is 2.62. The Labute approximate surface area is 122 Å². The van der Waals surface area contributed by atoms with Crippen LogP contribution in [0.1, 0.15) is 21.7 Å². The average molecular weight is 284 g/mol. The van der Waals surface area contributed by atoms with E-state index in [2.05, 4.69) is 15.3 Å². The van der Waals surface area contributed by atoms with Crippen LogP contribution in [-0.4, -0.2) is 34.1 Å². The zero-order chi connectivity index (χ0) is 15.0. The van der Waals surface area contributed by atoms with Crippen LogP contribution in [0.5, 0.6) is 0 Å². The number of aryl methyl sites for hydroxylation is 2. The van der Waals surface area contributed by atoms with Crippen LogP contribution < -0.4 is 10.2 Å². The molecule has 1 aromatic carbocycles. The van der Waals surface area contributed by atoms with Crippen molar-refractivity contribution in [2.24, 2.45) is 0 Å². The lowest BCUT2D eigenvalue weighted by Crippen LogP contribution is -2.31. The molecular formula is C15H16N4O2. The molecule has 2 heterocycles. The second-order valence-electron chi connectivity index (χ2n) is 4.97. The summed E-state index contributed by atoms with van der Waals surface area (Å²) in [5, 5.41) is 12.5. The Hall–Kier alpha value is -2.63. The zero-order valence-corrected chi connectivity index (χ0v) is 11.9. The number of hydrogen-bond donors (Lipinski definition) is 2. The number of para-hydroxylation sites is 2. The Balaban J connectivity index is 2.09. The largest absolute Gasteiger partial charge is 0.478 e. The van der Waals surface area contributed by atoms with E-state index in [4.69, 9.17) is 0 Å². The quantitative estimate of drug-likeness (QED) is 0.881. The van der Waals surface area contributed by atoms with Crippen LogP contribution in [0, 0.1) is 13.8 Å². The van der Waals surface area contributed by atoms with E-state index in [1.54, 1.807) is 13.8 Å². The van der Waals surface area contributed by atoms with E-state index in [1.165, 1.54) is 0 Å². The lowest BCUT2D eigenvalue weighted by atomic mass is 10.1. The maximum Gasteiger partial charge on any atom is 0.339 e. The summed E-state index contributed by atoms with van der Waals surface area (Å²) >= 11 is 0. The number of carbonyl (C=O) groups is 1. The van der Waals surface area contributed by atoms with Gasteiger partial charge in [-0.2, -0.15) is 0 Å². The number of nitrogens with zero attached hydrogens (tertiary/aromatic N) is 3. The molecule has 1 aromatic heterocycles. The van der Waals surface area contributed by atoms with Crippen LogP contribution in [0.3, 0.4) is 0 Å². The van der Waals surface area contributed by atoms with Gasteiger partial charge in [0.2, 0.25) is 5.95 Å². The van der Waals surface area contributed by atoms with Gasteiger partial charge in [-0.3, -0.25) is 0 Å². The first-order valence-corrected chi connectivity index (χ1v) is 6.77. The van der Waals surface area contributed by atoms with Crippen molar-refractivity contribution < 1.29 is 9.90 Å². The molecule has 0 spiro atoms. The smallest absolute Gasteiger partial charge is 0.339 e. The van der Waals surface area contributed by atoms with Gasteiger partial charge >= 0.3 is 5.97 Å². The Kier molecular flexibility index (Phi) is 3.21. The van der Waals surface area contributed by atoms with Crippen molar-refractivity contribution >= 4 is 23.3 Å². The van der Waals surface area contributed by atoms with Crippen LogP contribution in [0.4, 0.5) is 17.3 Å². The number of rotatable bonds is 2. The molecule has 0 bridgehead atoms. The highest BCUT2D eigenvalue weighted by Crippen LogP contribution is 2.33. The minimum atomic E-state index is -0.989. The van der Waals surface area contributed by atoms with Crippen molar-refractivity contribution in [3.8, 4) is 0 Å². The summed E-state index contributed by atoms with van der Waals surface area (Å²) in [6.07, 6.45) is 0. The third-order valence-corrected chi connectivity index (χ3v) is 3.56. The van der Waals surface area contributed by atoms with Gasteiger partial charge in [-0.25, -0.2) is 14.8 Å². The number of aromatic nitrogens is 2. The summed E-state index contributed by atoms with van der Waals surface area (Å²) in [6.45, 7) is 4.94. The molecule has 0 radical (unpaired) electrons. The summed E-state index contributed by atoms with van der Waals surface area (Å²) < 4.78 is 0. The first kappa shape index (κ1) is 13.4. The van der Waals surface area contributed by atoms with E-state index in [-0.39, 0.29) is 5.56 Å². The van der Waals surface area contributed by atoms with Gasteiger partial charge in [0.05, 0.1) is 22.8 Å². The fraction of sp³-hybridized carbons (Fsp3) is 0.267. The van der Waals surface area contributed by atoms with Crippen molar-refractivity contribution in [1.82, 2.24) is 9.97 Å². The van der Waals surface area contributed by atoms with Crippen molar-refractivity contribution in [3.63, 3.8) is 0 Å². The predicted molar refractivity (Wildman–Crippen MR) is 80.4 cm³/mol. The van der Waals surface area contributed by atoms with Crippen molar-refractivity contribution in [2.45, 2.75) is 13.8 Å². The van der Waals surface area contributed by atoms with Crippen molar-refractivity contribution in [2.75, 3.05) is 23.3 Å². The Morgan fingerprint density at radius 1 is 1.24 bits per heavy atom. The third-order valence-electron chi connectivity index (χ3n) is 3.56. The van der Waals surface area contributed by atoms with Gasteiger partial charge in [-0.05, 0) is 26.0 Å². The molecule has 0 saturated carbocycles. The van der Waals surface area contributed by atoms with E-state index >= 15 is 0 Å². The highest BCUT2D eigenvalue weighted by atomic mass is 16.4. The number of nitrogens with one attached hydrogen (secondary N) is 1. The molecule has 0 aliphatic carbocycles. The topological polar surface area (TPSA) is 78.4 Å². The molecule has 1 aliphatic rings. The number of carboxylic acid groups (broad SMARTS) is 1. The van der Waals surface area contributed by atoms with Crippen molar-refractivity contribution in [3.05, 3.63) is 41.2 Å². The maximum atomic E-state index is 11.2. The molecule has 2 aromatic rings. The molecule has 6 heteroatoms. The van der Waals surface area contributed by atoms with Crippen molar-refractivity contribution in [1.29, 1.82) is 0 Å². The summed E-state index contributed by atoms with van der Waals surface area (Å²) in [4.78, 5) is 22.0. The number of benzene rings is 1. The van der Waals surface area contributed by atoms with E-state index < -0.39 is 5.97 Å². The molecule has 6 nitrogen and oxygen atoms in total. The first-order valence-electron chi connectivity index (χ1n) is 6.77. The normalized spacial score (nSPS) is 13.5. The molecule has 3 rings (SSSR count). The molecule has 1 aliphatic heterocycles. The molecule has 0 atom stereocenters. The van der Waals surface area contributed by atoms with Gasteiger partial charge in [0, 0.05) is 13.1 Å².